The van der Waals surface area contributed by atoms with Crippen LogP contribution in [-0.4, -0.2) is 23.5 Å². The zero-order valence-corrected chi connectivity index (χ0v) is 15.1. The van der Waals surface area contributed by atoms with Gasteiger partial charge in [-0.2, -0.15) is 0 Å². The van der Waals surface area contributed by atoms with Gasteiger partial charge in [0.1, 0.15) is 0 Å². The van der Waals surface area contributed by atoms with E-state index in [4.69, 9.17) is 28.9 Å². The lowest BCUT2D eigenvalue weighted by Crippen LogP contribution is -2.39. The molecule has 0 bridgehead atoms. The third-order valence-electron chi connectivity index (χ3n) is 4.31. The molecule has 1 amide bonds. The number of carbonyl (C=O) groups excluding carboxylic acids is 3. The van der Waals surface area contributed by atoms with Crippen molar-refractivity contribution in [1.29, 1.82) is 0 Å². The van der Waals surface area contributed by atoms with Crippen molar-refractivity contribution in [2.45, 2.75) is 18.5 Å². The molecule has 3 N–H and O–H groups in total. The van der Waals surface area contributed by atoms with Crippen molar-refractivity contribution >= 4 is 40.7 Å². The van der Waals surface area contributed by atoms with Gasteiger partial charge in [-0.25, -0.2) is 0 Å². The Bertz CT molecular complexity index is 870. The SMILES string of the molecule is N[C@H](C(=O)C(=O)N[C@H]1CC1C(=O)c1ccc(Cl)c(Cl)c1)c1ccccc1. The first-order chi connectivity index (χ1) is 12.4. The van der Waals surface area contributed by atoms with Crippen molar-refractivity contribution in [3.63, 3.8) is 0 Å². The van der Waals surface area contributed by atoms with E-state index in [1.54, 1.807) is 42.5 Å². The number of ketones is 2. The first-order valence-electron chi connectivity index (χ1n) is 8.03. The van der Waals surface area contributed by atoms with Gasteiger partial charge in [0.15, 0.2) is 5.78 Å². The molecule has 0 radical (unpaired) electrons. The minimum Gasteiger partial charge on any atom is -0.346 e. The van der Waals surface area contributed by atoms with Crippen LogP contribution in [0.15, 0.2) is 48.5 Å². The largest absolute Gasteiger partial charge is 0.346 e. The molecule has 26 heavy (non-hydrogen) atoms. The summed E-state index contributed by atoms with van der Waals surface area (Å²) in [6.45, 7) is 0. The maximum absolute atomic E-state index is 12.4. The molecule has 1 saturated carbocycles. The lowest BCUT2D eigenvalue weighted by molar-refractivity contribution is -0.138. The average molecular weight is 391 g/mol. The lowest BCUT2D eigenvalue weighted by atomic mass is 10.0. The third-order valence-corrected chi connectivity index (χ3v) is 5.05. The normalized spacial score (nSPS) is 19.5. The second-order valence-electron chi connectivity index (χ2n) is 6.17. The first kappa shape index (κ1) is 18.6. The van der Waals surface area contributed by atoms with Crippen molar-refractivity contribution in [2.24, 2.45) is 11.7 Å². The Morgan fingerprint density at radius 1 is 1.04 bits per heavy atom. The molecular weight excluding hydrogens is 375 g/mol. The minimum absolute atomic E-state index is 0.145. The van der Waals surface area contributed by atoms with Crippen LogP contribution in [0, 0.1) is 5.92 Å². The van der Waals surface area contributed by atoms with Crippen LogP contribution < -0.4 is 11.1 Å². The Morgan fingerprint density at radius 2 is 1.73 bits per heavy atom. The molecule has 1 unspecified atom stereocenters. The molecule has 0 spiro atoms. The van der Waals surface area contributed by atoms with Crippen LogP contribution in [0.3, 0.4) is 0 Å². The van der Waals surface area contributed by atoms with Crippen LogP contribution in [0.2, 0.25) is 10.0 Å². The molecule has 1 fully saturated rings. The Labute approximate surface area is 160 Å². The summed E-state index contributed by atoms with van der Waals surface area (Å²) in [6, 6.07) is 11.9. The molecule has 2 aromatic carbocycles. The predicted molar refractivity (Wildman–Crippen MR) is 99.2 cm³/mol. The maximum atomic E-state index is 12.4. The highest BCUT2D eigenvalue weighted by Gasteiger charge is 2.45. The molecule has 0 aromatic heterocycles. The molecule has 1 aliphatic carbocycles. The van der Waals surface area contributed by atoms with E-state index >= 15 is 0 Å². The van der Waals surface area contributed by atoms with Gasteiger partial charge in [0.2, 0.25) is 5.78 Å². The van der Waals surface area contributed by atoms with Crippen LogP contribution in [0.4, 0.5) is 0 Å². The fourth-order valence-electron chi connectivity index (χ4n) is 2.70. The fraction of sp³-hybridized carbons (Fsp3) is 0.211. The van der Waals surface area contributed by atoms with E-state index < -0.39 is 17.7 Å². The van der Waals surface area contributed by atoms with Gasteiger partial charge >= 0.3 is 0 Å². The minimum atomic E-state index is -1.03. The molecule has 0 heterocycles. The summed E-state index contributed by atoms with van der Waals surface area (Å²) >= 11 is 11.8. The fourth-order valence-corrected chi connectivity index (χ4v) is 3.00. The van der Waals surface area contributed by atoms with E-state index in [9.17, 15) is 14.4 Å². The summed E-state index contributed by atoms with van der Waals surface area (Å²) in [5.41, 5.74) is 6.83. The molecule has 0 aliphatic heterocycles. The quantitative estimate of drug-likeness (QED) is 0.585. The van der Waals surface area contributed by atoms with Gasteiger partial charge in [0.05, 0.1) is 16.1 Å². The van der Waals surface area contributed by atoms with Gasteiger partial charge in [0.25, 0.3) is 5.91 Å². The monoisotopic (exact) mass is 390 g/mol. The number of hydrogen-bond donors (Lipinski definition) is 2. The van der Waals surface area contributed by atoms with Gasteiger partial charge in [-0.15, -0.1) is 0 Å². The topological polar surface area (TPSA) is 89.3 Å². The van der Waals surface area contributed by atoms with Crippen LogP contribution in [0.5, 0.6) is 0 Å². The van der Waals surface area contributed by atoms with Gasteiger partial charge in [-0.3, -0.25) is 14.4 Å². The summed E-state index contributed by atoms with van der Waals surface area (Å²) in [6.07, 6.45) is 0.471. The Balaban J connectivity index is 1.59. The zero-order chi connectivity index (χ0) is 18.8. The standard InChI is InChI=1S/C19H16Cl2N2O3/c20-13-7-6-11(8-14(13)21)17(24)12-9-15(12)23-19(26)18(25)16(22)10-4-2-1-3-5-10/h1-8,12,15-16H,9,22H2,(H,23,26)/t12?,15-,16-/m0/s1. The zero-order valence-electron chi connectivity index (χ0n) is 13.6. The van der Waals surface area contributed by atoms with Gasteiger partial charge in [0, 0.05) is 17.5 Å². The van der Waals surface area contributed by atoms with E-state index in [2.05, 4.69) is 5.32 Å². The van der Waals surface area contributed by atoms with E-state index in [0.717, 1.165) is 0 Å². The number of halogens is 2. The maximum Gasteiger partial charge on any atom is 0.289 e. The second kappa shape index (κ2) is 7.58. The molecule has 134 valence electrons. The highest BCUT2D eigenvalue weighted by atomic mass is 35.5. The highest BCUT2D eigenvalue weighted by molar-refractivity contribution is 6.42. The van der Waals surface area contributed by atoms with Crippen molar-refractivity contribution in [1.82, 2.24) is 5.32 Å². The molecule has 3 rings (SSSR count). The molecule has 5 nitrogen and oxygen atoms in total. The molecule has 0 saturated heterocycles. The number of hydrogen-bond acceptors (Lipinski definition) is 4. The number of Topliss-reactive ketones (excluding diaryl/α,β-unsaturated/α-hetero) is 2. The third kappa shape index (κ3) is 3.96. The molecule has 2 aromatic rings. The molecular formula is C19H16Cl2N2O3. The number of nitrogens with two attached hydrogens (primary N) is 1. The highest BCUT2D eigenvalue weighted by Crippen LogP contribution is 2.35. The van der Waals surface area contributed by atoms with Crippen LogP contribution in [-0.2, 0) is 9.59 Å². The van der Waals surface area contributed by atoms with E-state index in [1.165, 1.54) is 6.07 Å². The summed E-state index contributed by atoms with van der Waals surface area (Å²) < 4.78 is 0. The van der Waals surface area contributed by atoms with Crippen LogP contribution in [0.25, 0.3) is 0 Å². The number of nitrogens with one attached hydrogen (secondary N) is 1. The molecule has 1 aliphatic rings. The van der Waals surface area contributed by atoms with Crippen molar-refractivity contribution in [2.75, 3.05) is 0 Å². The first-order valence-corrected chi connectivity index (χ1v) is 8.78. The predicted octanol–water partition coefficient (Wildman–Crippen LogP) is 2.95. The van der Waals surface area contributed by atoms with Crippen LogP contribution in [0.1, 0.15) is 28.4 Å². The number of amides is 1. The van der Waals surface area contributed by atoms with E-state index in [-0.39, 0.29) is 17.7 Å². The summed E-state index contributed by atoms with van der Waals surface area (Å²) in [5.74, 6) is -2.04. The molecule has 7 heteroatoms. The Morgan fingerprint density at radius 3 is 2.38 bits per heavy atom. The smallest absolute Gasteiger partial charge is 0.289 e. The van der Waals surface area contributed by atoms with Gasteiger partial charge in [-0.05, 0) is 30.2 Å². The van der Waals surface area contributed by atoms with E-state index in [1.807, 2.05) is 0 Å². The number of carbonyl (C=O) groups is 3. The Kier molecular flexibility index (Phi) is 5.41. The summed E-state index contributed by atoms with van der Waals surface area (Å²) in [7, 11) is 0. The van der Waals surface area contributed by atoms with Crippen molar-refractivity contribution in [3.8, 4) is 0 Å². The van der Waals surface area contributed by atoms with Crippen molar-refractivity contribution in [3.05, 3.63) is 69.7 Å². The lowest BCUT2D eigenvalue weighted by Gasteiger charge is -2.11. The summed E-state index contributed by atoms with van der Waals surface area (Å²) in [4.78, 5) is 36.7. The van der Waals surface area contributed by atoms with Gasteiger partial charge in [-0.1, -0.05) is 53.5 Å². The van der Waals surface area contributed by atoms with Crippen molar-refractivity contribution < 1.29 is 14.4 Å². The number of benzene rings is 2. The van der Waals surface area contributed by atoms with E-state index in [0.29, 0.717) is 27.6 Å². The van der Waals surface area contributed by atoms with Crippen LogP contribution >= 0.6 is 23.2 Å². The molecule has 3 atom stereocenters. The summed E-state index contributed by atoms with van der Waals surface area (Å²) in [5, 5.41) is 3.24. The Hall–Kier alpha value is -2.21. The number of rotatable bonds is 6. The second-order valence-corrected chi connectivity index (χ2v) is 6.98. The average Bonchev–Trinajstić information content (AvgIpc) is 3.41. The van der Waals surface area contributed by atoms with Gasteiger partial charge < -0.3 is 11.1 Å².